The van der Waals surface area contributed by atoms with Gasteiger partial charge in [-0.3, -0.25) is 0 Å². The van der Waals surface area contributed by atoms with Crippen molar-refractivity contribution in [3.63, 3.8) is 0 Å². The standard InChI is InChI=1S/C12H17N5.ClH/c1-17(9-4-2-6-13-8-9)12-15-10-5-3-7-14-11(10)16-12;/h3,5,7,9,13H,2,4,6,8H2,1H3,(H,14,15,16);1H/t9-;/m1./s1. The van der Waals surface area contributed by atoms with Gasteiger partial charge >= 0.3 is 0 Å². The van der Waals surface area contributed by atoms with Crippen molar-refractivity contribution in [3.8, 4) is 0 Å². The van der Waals surface area contributed by atoms with Crippen molar-refractivity contribution >= 4 is 29.5 Å². The van der Waals surface area contributed by atoms with Gasteiger partial charge in [0.15, 0.2) is 5.65 Å². The summed E-state index contributed by atoms with van der Waals surface area (Å²) in [4.78, 5) is 14.3. The van der Waals surface area contributed by atoms with Crippen LogP contribution in [0, 0.1) is 0 Å². The van der Waals surface area contributed by atoms with Crippen LogP contribution in [0.5, 0.6) is 0 Å². The smallest absolute Gasteiger partial charge is 0.205 e. The predicted molar refractivity (Wildman–Crippen MR) is 75.4 cm³/mol. The van der Waals surface area contributed by atoms with E-state index in [2.05, 4.69) is 32.2 Å². The minimum absolute atomic E-state index is 0. The van der Waals surface area contributed by atoms with Crippen LogP contribution in [0.2, 0.25) is 0 Å². The van der Waals surface area contributed by atoms with E-state index in [4.69, 9.17) is 0 Å². The molecule has 0 bridgehead atoms. The van der Waals surface area contributed by atoms with Gasteiger partial charge in [-0.2, -0.15) is 4.98 Å². The molecule has 2 aromatic rings. The molecule has 0 amide bonds. The molecular weight excluding hydrogens is 250 g/mol. The number of pyridine rings is 1. The molecular formula is C12H18ClN5. The van der Waals surface area contributed by atoms with Crippen LogP contribution in [-0.2, 0) is 0 Å². The van der Waals surface area contributed by atoms with Crippen LogP contribution in [-0.4, -0.2) is 41.1 Å². The normalized spacial score (nSPS) is 19.5. The molecule has 98 valence electrons. The van der Waals surface area contributed by atoms with Gasteiger partial charge in [0.25, 0.3) is 0 Å². The summed E-state index contributed by atoms with van der Waals surface area (Å²) in [5.74, 6) is 0.910. The summed E-state index contributed by atoms with van der Waals surface area (Å²) in [6.07, 6.45) is 4.22. The first-order valence-corrected chi connectivity index (χ1v) is 6.09. The number of aromatic nitrogens is 3. The molecule has 18 heavy (non-hydrogen) atoms. The molecule has 3 heterocycles. The highest BCUT2D eigenvalue weighted by Gasteiger charge is 2.20. The van der Waals surface area contributed by atoms with Gasteiger partial charge in [0.1, 0.15) is 0 Å². The summed E-state index contributed by atoms with van der Waals surface area (Å²) < 4.78 is 0. The molecule has 2 N–H and O–H groups in total. The molecule has 1 saturated heterocycles. The zero-order valence-corrected chi connectivity index (χ0v) is 11.2. The van der Waals surface area contributed by atoms with Gasteiger partial charge in [-0.05, 0) is 31.5 Å². The van der Waals surface area contributed by atoms with Gasteiger partial charge in [-0.25, -0.2) is 4.98 Å². The molecule has 5 nitrogen and oxygen atoms in total. The maximum atomic E-state index is 4.52. The predicted octanol–water partition coefficient (Wildman–Crippen LogP) is 1.57. The topological polar surface area (TPSA) is 56.8 Å². The average Bonchev–Trinajstić information content (AvgIpc) is 2.82. The first-order chi connectivity index (χ1) is 8.34. The fourth-order valence-electron chi connectivity index (χ4n) is 2.34. The highest BCUT2D eigenvalue weighted by atomic mass is 35.5. The molecule has 1 aliphatic heterocycles. The number of nitrogens with one attached hydrogen (secondary N) is 2. The van der Waals surface area contributed by atoms with Gasteiger partial charge in [-0.1, -0.05) is 0 Å². The number of piperidine rings is 1. The lowest BCUT2D eigenvalue weighted by Crippen LogP contribution is -2.44. The van der Waals surface area contributed by atoms with Gasteiger partial charge in [0, 0.05) is 25.8 Å². The number of likely N-dealkylation sites (N-methyl/N-ethyl adjacent to an activating group) is 1. The van der Waals surface area contributed by atoms with Gasteiger partial charge in [-0.15, -0.1) is 12.4 Å². The third kappa shape index (κ3) is 2.42. The highest BCUT2D eigenvalue weighted by molar-refractivity contribution is 5.85. The SMILES string of the molecule is CN(c1nc2ncccc2[nH]1)[C@@H]1CCCNC1.Cl. The molecule has 0 aromatic carbocycles. The van der Waals surface area contributed by atoms with Crippen molar-refractivity contribution in [1.29, 1.82) is 0 Å². The minimum Gasteiger partial charge on any atom is -0.341 e. The summed E-state index contributed by atoms with van der Waals surface area (Å²) >= 11 is 0. The number of nitrogens with zero attached hydrogens (tertiary/aromatic N) is 3. The second kappa shape index (κ2) is 5.54. The summed E-state index contributed by atoms with van der Waals surface area (Å²) in [7, 11) is 2.09. The summed E-state index contributed by atoms with van der Waals surface area (Å²) in [5.41, 5.74) is 1.79. The second-order valence-electron chi connectivity index (χ2n) is 4.55. The van der Waals surface area contributed by atoms with E-state index >= 15 is 0 Å². The quantitative estimate of drug-likeness (QED) is 0.867. The third-order valence-electron chi connectivity index (χ3n) is 3.40. The number of H-pyrrole nitrogens is 1. The Morgan fingerprint density at radius 1 is 1.44 bits per heavy atom. The van der Waals surface area contributed by atoms with Crippen LogP contribution in [0.3, 0.4) is 0 Å². The molecule has 0 spiro atoms. The summed E-state index contributed by atoms with van der Waals surface area (Å²) in [6, 6.07) is 4.45. The molecule has 1 aliphatic rings. The van der Waals surface area contributed by atoms with E-state index in [-0.39, 0.29) is 12.4 Å². The lowest BCUT2D eigenvalue weighted by Gasteiger charge is -2.31. The van der Waals surface area contributed by atoms with Crippen LogP contribution in [0.25, 0.3) is 11.2 Å². The van der Waals surface area contributed by atoms with Gasteiger partial charge in [0.2, 0.25) is 5.95 Å². The zero-order valence-electron chi connectivity index (χ0n) is 10.4. The monoisotopic (exact) mass is 267 g/mol. The first kappa shape index (κ1) is 13.1. The molecule has 0 radical (unpaired) electrons. The van der Waals surface area contributed by atoms with Crippen LogP contribution < -0.4 is 10.2 Å². The number of hydrogen-bond acceptors (Lipinski definition) is 4. The summed E-state index contributed by atoms with van der Waals surface area (Å²) in [6.45, 7) is 2.16. The lowest BCUT2D eigenvalue weighted by molar-refractivity contribution is 0.442. The van der Waals surface area contributed by atoms with Gasteiger partial charge in [0.05, 0.1) is 5.52 Å². The molecule has 1 atom stereocenters. The van der Waals surface area contributed by atoms with Crippen LogP contribution in [0.4, 0.5) is 5.95 Å². The Bertz CT molecular complexity index is 473. The van der Waals surface area contributed by atoms with Crippen molar-refractivity contribution < 1.29 is 0 Å². The van der Waals surface area contributed by atoms with E-state index in [1.54, 1.807) is 6.20 Å². The van der Waals surface area contributed by atoms with E-state index < -0.39 is 0 Å². The fourth-order valence-corrected chi connectivity index (χ4v) is 2.34. The molecule has 3 rings (SSSR count). The lowest BCUT2D eigenvalue weighted by atomic mass is 10.1. The van der Waals surface area contributed by atoms with Crippen molar-refractivity contribution in [2.45, 2.75) is 18.9 Å². The molecule has 1 fully saturated rings. The van der Waals surface area contributed by atoms with E-state index in [1.165, 1.54) is 12.8 Å². The van der Waals surface area contributed by atoms with Crippen LogP contribution in [0.1, 0.15) is 12.8 Å². The Hall–Kier alpha value is -1.33. The van der Waals surface area contributed by atoms with Crippen molar-refractivity contribution in [2.24, 2.45) is 0 Å². The van der Waals surface area contributed by atoms with Crippen LogP contribution in [0.15, 0.2) is 18.3 Å². The first-order valence-electron chi connectivity index (χ1n) is 6.09. The molecule has 0 unspecified atom stereocenters. The average molecular weight is 268 g/mol. The van der Waals surface area contributed by atoms with Crippen molar-refractivity contribution in [1.82, 2.24) is 20.3 Å². The maximum Gasteiger partial charge on any atom is 0.205 e. The minimum atomic E-state index is 0. The van der Waals surface area contributed by atoms with Crippen molar-refractivity contribution in [2.75, 3.05) is 25.0 Å². The van der Waals surface area contributed by atoms with Gasteiger partial charge < -0.3 is 15.2 Å². The maximum absolute atomic E-state index is 4.52. The number of aromatic amines is 1. The Kier molecular flexibility index (Phi) is 4.04. The Balaban J connectivity index is 0.00000120. The van der Waals surface area contributed by atoms with E-state index in [0.717, 1.165) is 30.2 Å². The summed E-state index contributed by atoms with van der Waals surface area (Å²) in [5, 5.41) is 3.42. The Morgan fingerprint density at radius 3 is 3.06 bits per heavy atom. The van der Waals surface area contributed by atoms with E-state index in [1.807, 2.05) is 12.1 Å². The number of halogens is 1. The molecule has 6 heteroatoms. The Labute approximate surface area is 112 Å². The third-order valence-corrected chi connectivity index (χ3v) is 3.40. The fraction of sp³-hybridized carbons (Fsp3) is 0.500. The number of anilines is 1. The van der Waals surface area contributed by atoms with Crippen LogP contribution >= 0.6 is 12.4 Å². The number of imidazole rings is 1. The molecule has 0 saturated carbocycles. The number of fused-ring (bicyclic) bond motifs is 1. The van der Waals surface area contributed by atoms with E-state index in [0.29, 0.717) is 6.04 Å². The zero-order chi connectivity index (χ0) is 11.7. The number of hydrogen-bond donors (Lipinski definition) is 2. The van der Waals surface area contributed by atoms with Crippen molar-refractivity contribution in [3.05, 3.63) is 18.3 Å². The number of rotatable bonds is 2. The second-order valence-corrected chi connectivity index (χ2v) is 4.55. The molecule has 2 aromatic heterocycles. The Morgan fingerprint density at radius 2 is 2.33 bits per heavy atom. The highest BCUT2D eigenvalue weighted by Crippen LogP contribution is 2.18. The van der Waals surface area contributed by atoms with E-state index in [9.17, 15) is 0 Å². The molecule has 0 aliphatic carbocycles. The largest absolute Gasteiger partial charge is 0.341 e.